The van der Waals surface area contributed by atoms with Crippen LogP contribution >= 0.6 is 0 Å². The number of aromatic nitrogens is 2. The van der Waals surface area contributed by atoms with Crippen LogP contribution in [0.15, 0.2) is 30.7 Å². The maximum absolute atomic E-state index is 4.22. The molecular weight excluding hydrogens is 174 g/mol. The van der Waals surface area contributed by atoms with Crippen molar-refractivity contribution >= 4 is 0 Å². The first-order valence-electron chi connectivity index (χ1n) is 4.81. The molecule has 0 saturated carbocycles. The minimum absolute atomic E-state index is 0.301. The van der Waals surface area contributed by atoms with E-state index in [2.05, 4.69) is 21.9 Å². The first-order chi connectivity index (χ1) is 6.74. The van der Waals surface area contributed by atoms with Crippen LogP contribution < -0.4 is 5.32 Å². The third-order valence-corrected chi connectivity index (χ3v) is 2.17. The highest BCUT2D eigenvalue weighted by molar-refractivity contribution is 5.05. The molecule has 1 unspecified atom stereocenters. The van der Waals surface area contributed by atoms with Gasteiger partial charge in [0.25, 0.3) is 0 Å². The first-order valence-corrected chi connectivity index (χ1v) is 4.81. The molecule has 0 aliphatic rings. The lowest BCUT2D eigenvalue weighted by molar-refractivity contribution is 0.534. The standard InChI is InChI=1S/C11H17N3/c1-9(2)4-5-10(12-3)11-6-7-13-8-14-11/h6-8,10,12H,1,4-5H2,2-3H3. The highest BCUT2D eigenvalue weighted by Crippen LogP contribution is 2.17. The van der Waals surface area contributed by atoms with E-state index in [0.29, 0.717) is 6.04 Å². The predicted octanol–water partition coefficient (Wildman–Crippen LogP) is 2.09. The molecule has 0 saturated heterocycles. The summed E-state index contributed by atoms with van der Waals surface area (Å²) in [5.74, 6) is 0. The van der Waals surface area contributed by atoms with E-state index in [1.54, 1.807) is 12.5 Å². The molecule has 3 heteroatoms. The van der Waals surface area contributed by atoms with Gasteiger partial charge in [0.1, 0.15) is 6.33 Å². The molecule has 0 bridgehead atoms. The minimum atomic E-state index is 0.301. The highest BCUT2D eigenvalue weighted by Gasteiger charge is 2.09. The van der Waals surface area contributed by atoms with Crippen molar-refractivity contribution in [3.63, 3.8) is 0 Å². The minimum Gasteiger partial charge on any atom is -0.312 e. The zero-order valence-corrected chi connectivity index (χ0v) is 8.83. The Labute approximate surface area is 85.3 Å². The Hall–Kier alpha value is -1.22. The van der Waals surface area contributed by atoms with Crippen LogP contribution in [0, 0.1) is 0 Å². The summed E-state index contributed by atoms with van der Waals surface area (Å²) in [6.45, 7) is 5.94. The smallest absolute Gasteiger partial charge is 0.115 e. The van der Waals surface area contributed by atoms with E-state index in [9.17, 15) is 0 Å². The van der Waals surface area contributed by atoms with E-state index in [0.717, 1.165) is 18.5 Å². The van der Waals surface area contributed by atoms with E-state index in [-0.39, 0.29) is 0 Å². The molecule has 0 aliphatic carbocycles. The molecule has 0 aromatic carbocycles. The molecule has 0 spiro atoms. The Morgan fingerprint density at radius 2 is 2.43 bits per heavy atom. The molecule has 1 rings (SSSR count). The van der Waals surface area contributed by atoms with Gasteiger partial charge in [0.15, 0.2) is 0 Å². The van der Waals surface area contributed by atoms with Gasteiger partial charge in [0.2, 0.25) is 0 Å². The van der Waals surface area contributed by atoms with Crippen LogP contribution in [-0.2, 0) is 0 Å². The Balaban J connectivity index is 2.58. The summed E-state index contributed by atoms with van der Waals surface area (Å²) in [5.41, 5.74) is 2.25. The SMILES string of the molecule is C=C(C)CCC(NC)c1ccncn1. The maximum atomic E-state index is 4.22. The molecule has 3 nitrogen and oxygen atoms in total. The van der Waals surface area contributed by atoms with E-state index < -0.39 is 0 Å². The number of nitrogens with one attached hydrogen (secondary N) is 1. The Morgan fingerprint density at radius 1 is 1.64 bits per heavy atom. The zero-order chi connectivity index (χ0) is 10.4. The summed E-state index contributed by atoms with van der Waals surface area (Å²) in [6, 6.07) is 2.24. The molecule has 0 amide bonds. The molecule has 1 atom stereocenters. The van der Waals surface area contributed by atoms with Crippen LogP contribution in [0.25, 0.3) is 0 Å². The lowest BCUT2D eigenvalue weighted by atomic mass is 10.0. The zero-order valence-electron chi connectivity index (χ0n) is 8.83. The molecule has 14 heavy (non-hydrogen) atoms. The predicted molar refractivity (Wildman–Crippen MR) is 57.9 cm³/mol. The number of hydrogen-bond donors (Lipinski definition) is 1. The molecule has 0 radical (unpaired) electrons. The Kier molecular flexibility index (Phi) is 4.26. The first kappa shape index (κ1) is 10.9. The van der Waals surface area contributed by atoms with Crippen molar-refractivity contribution in [2.45, 2.75) is 25.8 Å². The summed E-state index contributed by atoms with van der Waals surface area (Å²) >= 11 is 0. The van der Waals surface area contributed by atoms with Gasteiger partial charge in [-0.2, -0.15) is 0 Å². The van der Waals surface area contributed by atoms with Crippen molar-refractivity contribution in [2.75, 3.05) is 7.05 Å². The number of nitrogens with zero attached hydrogens (tertiary/aromatic N) is 2. The van der Waals surface area contributed by atoms with Gasteiger partial charge >= 0.3 is 0 Å². The summed E-state index contributed by atoms with van der Waals surface area (Å²) in [6.07, 6.45) is 5.41. The van der Waals surface area contributed by atoms with Crippen LogP contribution in [-0.4, -0.2) is 17.0 Å². The average molecular weight is 191 g/mol. The van der Waals surface area contributed by atoms with Gasteiger partial charge in [-0.05, 0) is 32.9 Å². The normalized spacial score (nSPS) is 12.4. The number of allylic oxidation sites excluding steroid dienone is 1. The van der Waals surface area contributed by atoms with Crippen LogP contribution in [0.3, 0.4) is 0 Å². The van der Waals surface area contributed by atoms with Crippen molar-refractivity contribution in [1.29, 1.82) is 0 Å². The van der Waals surface area contributed by atoms with Crippen molar-refractivity contribution in [3.8, 4) is 0 Å². The van der Waals surface area contributed by atoms with Gasteiger partial charge in [0.05, 0.1) is 5.69 Å². The highest BCUT2D eigenvalue weighted by atomic mass is 14.9. The Bertz CT molecular complexity index is 282. The quantitative estimate of drug-likeness (QED) is 0.724. The van der Waals surface area contributed by atoms with Crippen LogP contribution in [0.4, 0.5) is 0 Å². The molecule has 1 heterocycles. The lowest BCUT2D eigenvalue weighted by Gasteiger charge is -2.14. The molecule has 1 N–H and O–H groups in total. The lowest BCUT2D eigenvalue weighted by Crippen LogP contribution is -2.17. The topological polar surface area (TPSA) is 37.8 Å². The fraction of sp³-hybridized carbons (Fsp3) is 0.455. The van der Waals surface area contributed by atoms with E-state index in [4.69, 9.17) is 0 Å². The summed E-state index contributed by atoms with van der Waals surface area (Å²) in [7, 11) is 1.95. The molecule has 1 aromatic heterocycles. The fourth-order valence-corrected chi connectivity index (χ4v) is 1.34. The monoisotopic (exact) mass is 191 g/mol. The molecule has 76 valence electrons. The van der Waals surface area contributed by atoms with E-state index >= 15 is 0 Å². The Morgan fingerprint density at radius 3 is 2.93 bits per heavy atom. The maximum Gasteiger partial charge on any atom is 0.115 e. The second-order valence-electron chi connectivity index (χ2n) is 3.47. The van der Waals surface area contributed by atoms with Crippen LogP contribution in [0.1, 0.15) is 31.5 Å². The van der Waals surface area contributed by atoms with Crippen LogP contribution in [0.2, 0.25) is 0 Å². The second kappa shape index (κ2) is 5.50. The van der Waals surface area contributed by atoms with Crippen molar-refractivity contribution in [3.05, 3.63) is 36.4 Å². The molecule has 1 aromatic rings. The van der Waals surface area contributed by atoms with Gasteiger partial charge in [-0.1, -0.05) is 5.57 Å². The number of hydrogen-bond acceptors (Lipinski definition) is 3. The van der Waals surface area contributed by atoms with Gasteiger partial charge in [0, 0.05) is 12.2 Å². The summed E-state index contributed by atoms with van der Waals surface area (Å²) < 4.78 is 0. The largest absolute Gasteiger partial charge is 0.312 e. The second-order valence-corrected chi connectivity index (χ2v) is 3.47. The van der Waals surface area contributed by atoms with E-state index in [1.165, 1.54) is 5.57 Å². The van der Waals surface area contributed by atoms with Gasteiger partial charge in [-0.25, -0.2) is 9.97 Å². The van der Waals surface area contributed by atoms with Crippen molar-refractivity contribution < 1.29 is 0 Å². The summed E-state index contributed by atoms with van der Waals surface area (Å²) in [5, 5.41) is 3.24. The van der Waals surface area contributed by atoms with Gasteiger partial charge in [-0.15, -0.1) is 6.58 Å². The third kappa shape index (κ3) is 3.26. The van der Waals surface area contributed by atoms with Crippen molar-refractivity contribution in [2.24, 2.45) is 0 Å². The van der Waals surface area contributed by atoms with E-state index in [1.807, 2.05) is 20.0 Å². The molecule has 0 fully saturated rings. The van der Waals surface area contributed by atoms with Crippen molar-refractivity contribution in [1.82, 2.24) is 15.3 Å². The van der Waals surface area contributed by atoms with Gasteiger partial charge in [-0.3, -0.25) is 0 Å². The van der Waals surface area contributed by atoms with Crippen LogP contribution in [0.5, 0.6) is 0 Å². The summed E-state index contributed by atoms with van der Waals surface area (Å²) in [4.78, 5) is 8.13. The van der Waals surface area contributed by atoms with Gasteiger partial charge < -0.3 is 5.32 Å². The average Bonchev–Trinajstić information content (AvgIpc) is 2.20. The fourth-order valence-electron chi connectivity index (χ4n) is 1.34. The molecule has 0 aliphatic heterocycles. The third-order valence-electron chi connectivity index (χ3n) is 2.17. The number of rotatable bonds is 5. The molecular formula is C11H17N3.